The molecule has 3 nitrogen and oxygen atoms in total. The second-order valence-electron chi connectivity index (χ2n) is 3.77. The zero-order chi connectivity index (χ0) is 8.72. The summed E-state index contributed by atoms with van der Waals surface area (Å²) in [6, 6.07) is 0.222. The largest absolute Gasteiger partial charge is 0.339 e. The molecule has 0 aromatic carbocycles. The Morgan fingerprint density at radius 3 is 2.67 bits per heavy atom. The van der Waals surface area contributed by atoms with Crippen LogP contribution in [0.1, 0.15) is 26.2 Å². The van der Waals surface area contributed by atoms with E-state index < -0.39 is 0 Å². The van der Waals surface area contributed by atoms with Gasteiger partial charge in [0, 0.05) is 31.8 Å². The molecule has 2 unspecified atom stereocenters. The van der Waals surface area contributed by atoms with Crippen LogP contribution >= 0.6 is 0 Å². The van der Waals surface area contributed by atoms with Crippen LogP contribution in [0.2, 0.25) is 0 Å². The first-order valence-electron chi connectivity index (χ1n) is 4.48. The summed E-state index contributed by atoms with van der Waals surface area (Å²) < 4.78 is 0. The average Bonchev–Trinajstić information content (AvgIpc) is 2.04. The molecule has 2 bridgehead atoms. The van der Waals surface area contributed by atoms with E-state index in [2.05, 4.69) is 0 Å². The number of fused-ring (bicyclic) bond motifs is 3. The zero-order valence-corrected chi connectivity index (χ0v) is 7.25. The summed E-state index contributed by atoms with van der Waals surface area (Å²) in [7, 11) is 0. The molecule has 3 rings (SSSR count). The molecule has 2 heterocycles. The molecule has 0 aromatic rings. The highest BCUT2D eigenvalue weighted by Gasteiger charge is 2.40. The van der Waals surface area contributed by atoms with Crippen molar-refractivity contribution in [1.29, 1.82) is 0 Å². The van der Waals surface area contributed by atoms with Gasteiger partial charge in [-0.15, -0.1) is 0 Å². The lowest BCUT2D eigenvalue weighted by atomic mass is 9.79. The molecule has 3 fully saturated rings. The molecule has 1 aliphatic carbocycles. The van der Waals surface area contributed by atoms with Crippen LogP contribution in [0.4, 0.5) is 0 Å². The first-order valence-corrected chi connectivity index (χ1v) is 4.48. The SMILES string of the molecule is CC(=O)N1CC2CCC1CC2=O. The molecule has 2 atom stereocenters. The molecule has 2 saturated heterocycles. The van der Waals surface area contributed by atoms with E-state index in [1.54, 1.807) is 6.92 Å². The van der Waals surface area contributed by atoms with Crippen LogP contribution in [0.15, 0.2) is 0 Å². The summed E-state index contributed by atoms with van der Waals surface area (Å²) in [5, 5.41) is 0. The molecule has 2 aliphatic heterocycles. The van der Waals surface area contributed by atoms with Gasteiger partial charge in [0.15, 0.2) is 0 Å². The Balaban J connectivity index is 2.15. The molecule has 66 valence electrons. The van der Waals surface area contributed by atoms with E-state index in [4.69, 9.17) is 0 Å². The molecule has 0 spiro atoms. The van der Waals surface area contributed by atoms with Crippen molar-refractivity contribution < 1.29 is 9.59 Å². The van der Waals surface area contributed by atoms with Crippen molar-refractivity contribution in [2.75, 3.05) is 6.54 Å². The van der Waals surface area contributed by atoms with Gasteiger partial charge in [0.05, 0.1) is 0 Å². The minimum absolute atomic E-state index is 0.122. The quantitative estimate of drug-likeness (QED) is 0.529. The highest BCUT2D eigenvalue weighted by Crippen LogP contribution is 2.32. The maximum Gasteiger partial charge on any atom is 0.219 e. The summed E-state index contributed by atoms with van der Waals surface area (Å²) in [6.45, 7) is 2.27. The fraction of sp³-hybridized carbons (Fsp3) is 0.778. The second kappa shape index (κ2) is 2.57. The maximum absolute atomic E-state index is 11.3. The third kappa shape index (κ3) is 1.04. The number of rotatable bonds is 0. The highest BCUT2D eigenvalue weighted by atomic mass is 16.2. The molecule has 0 aromatic heterocycles. The van der Waals surface area contributed by atoms with Crippen LogP contribution in [0, 0.1) is 5.92 Å². The average molecular weight is 167 g/mol. The van der Waals surface area contributed by atoms with Crippen molar-refractivity contribution in [2.24, 2.45) is 5.92 Å². The number of amides is 1. The number of carbonyl (C=O) groups is 2. The lowest BCUT2D eigenvalue weighted by molar-refractivity contribution is -0.143. The number of carbonyl (C=O) groups excluding carboxylic acids is 2. The third-order valence-corrected chi connectivity index (χ3v) is 3.00. The fourth-order valence-corrected chi connectivity index (χ4v) is 2.29. The van der Waals surface area contributed by atoms with Crippen LogP contribution < -0.4 is 0 Å². The first-order chi connectivity index (χ1) is 5.68. The number of hydrogen-bond donors (Lipinski definition) is 0. The van der Waals surface area contributed by atoms with Crippen molar-refractivity contribution in [3.05, 3.63) is 0 Å². The Morgan fingerprint density at radius 1 is 1.50 bits per heavy atom. The van der Waals surface area contributed by atoms with Gasteiger partial charge in [-0.05, 0) is 12.8 Å². The Bertz CT molecular complexity index is 237. The summed E-state index contributed by atoms with van der Waals surface area (Å²) in [6.07, 6.45) is 2.62. The second-order valence-corrected chi connectivity index (χ2v) is 3.77. The van der Waals surface area contributed by atoms with Crippen LogP contribution in [0.25, 0.3) is 0 Å². The van der Waals surface area contributed by atoms with E-state index in [-0.39, 0.29) is 17.9 Å². The molecular weight excluding hydrogens is 154 g/mol. The highest BCUT2D eigenvalue weighted by molar-refractivity contribution is 5.86. The Labute approximate surface area is 71.7 Å². The molecule has 1 saturated carbocycles. The van der Waals surface area contributed by atoms with Crippen LogP contribution in [-0.2, 0) is 9.59 Å². The van der Waals surface area contributed by atoms with E-state index in [1.165, 1.54) is 0 Å². The molecular formula is C9H13NO2. The van der Waals surface area contributed by atoms with Gasteiger partial charge < -0.3 is 4.90 Å². The van der Waals surface area contributed by atoms with Gasteiger partial charge in [0.2, 0.25) is 5.91 Å². The first kappa shape index (κ1) is 7.77. The van der Waals surface area contributed by atoms with Gasteiger partial charge >= 0.3 is 0 Å². The van der Waals surface area contributed by atoms with Gasteiger partial charge in [-0.25, -0.2) is 0 Å². The van der Waals surface area contributed by atoms with Crippen molar-refractivity contribution in [1.82, 2.24) is 4.90 Å². The minimum atomic E-state index is 0.122. The predicted molar refractivity (Wildman–Crippen MR) is 43.5 cm³/mol. The predicted octanol–water partition coefficient (Wildman–Crippen LogP) is 0.586. The number of hydrogen-bond acceptors (Lipinski definition) is 2. The number of piperidine rings is 2. The molecule has 0 radical (unpaired) electrons. The van der Waals surface area contributed by atoms with E-state index >= 15 is 0 Å². The zero-order valence-electron chi connectivity index (χ0n) is 7.25. The molecule has 0 N–H and O–H groups in total. The lowest BCUT2D eigenvalue weighted by Crippen LogP contribution is -2.53. The lowest BCUT2D eigenvalue weighted by Gasteiger charge is -2.43. The Hall–Kier alpha value is -0.860. The number of Topliss-reactive ketones (excluding diaryl/α,β-unsaturated/α-hetero) is 1. The normalized spacial score (nSPS) is 34.1. The number of nitrogens with zero attached hydrogens (tertiary/aromatic N) is 1. The van der Waals surface area contributed by atoms with Crippen molar-refractivity contribution in [2.45, 2.75) is 32.2 Å². The Kier molecular flexibility index (Phi) is 1.67. The van der Waals surface area contributed by atoms with Gasteiger partial charge in [-0.3, -0.25) is 9.59 Å². The fourth-order valence-electron chi connectivity index (χ4n) is 2.29. The smallest absolute Gasteiger partial charge is 0.219 e. The standard InChI is InChI=1S/C9H13NO2/c1-6(11)10-5-7-2-3-8(10)4-9(7)12/h7-8H,2-5H2,1H3. The molecule has 12 heavy (non-hydrogen) atoms. The minimum Gasteiger partial charge on any atom is -0.339 e. The van der Waals surface area contributed by atoms with Gasteiger partial charge in [-0.1, -0.05) is 0 Å². The van der Waals surface area contributed by atoms with Crippen molar-refractivity contribution >= 4 is 11.7 Å². The topological polar surface area (TPSA) is 37.4 Å². The maximum atomic E-state index is 11.3. The van der Waals surface area contributed by atoms with E-state index in [9.17, 15) is 9.59 Å². The van der Waals surface area contributed by atoms with Crippen molar-refractivity contribution in [3.8, 4) is 0 Å². The van der Waals surface area contributed by atoms with Crippen LogP contribution in [-0.4, -0.2) is 29.2 Å². The van der Waals surface area contributed by atoms with Gasteiger partial charge in [-0.2, -0.15) is 0 Å². The van der Waals surface area contributed by atoms with Crippen molar-refractivity contribution in [3.63, 3.8) is 0 Å². The van der Waals surface area contributed by atoms with Crippen LogP contribution in [0.5, 0.6) is 0 Å². The molecule has 3 aliphatic rings. The van der Waals surface area contributed by atoms with Crippen LogP contribution in [0.3, 0.4) is 0 Å². The molecule has 1 amide bonds. The number of ketones is 1. The Morgan fingerprint density at radius 2 is 2.25 bits per heavy atom. The van der Waals surface area contributed by atoms with Gasteiger partial charge in [0.25, 0.3) is 0 Å². The monoisotopic (exact) mass is 167 g/mol. The van der Waals surface area contributed by atoms with E-state index in [1.807, 2.05) is 4.90 Å². The third-order valence-electron chi connectivity index (χ3n) is 3.00. The summed E-state index contributed by atoms with van der Waals surface area (Å²) >= 11 is 0. The summed E-state index contributed by atoms with van der Waals surface area (Å²) in [5.41, 5.74) is 0. The van der Waals surface area contributed by atoms with E-state index in [0.717, 1.165) is 12.8 Å². The summed E-state index contributed by atoms with van der Waals surface area (Å²) in [4.78, 5) is 24.3. The molecule has 3 heteroatoms. The van der Waals surface area contributed by atoms with E-state index in [0.29, 0.717) is 18.7 Å². The summed E-state index contributed by atoms with van der Waals surface area (Å²) in [5.74, 6) is 0.639. The van der Waals surface area contributed by atoms with Gasteiger partial charge in [0.1, 0.15) is 5.78 Å².